The fourth-order valence-electron chi connectivity index (χ4n) is 2.21. The molecule has 1 aliphatic rings. The highest BCUT2D eigenvalue weighted by Gasteiger charge is 2.13. The van der Waals surface area contributed by atoms with E-state index in [2.05, 4.69) is 34.4 Å². The van der Waals surface area contributed by atoms with Crippen molar-refractivity contribution in [1.29, 1.82) is 0 Å². The van der Waals surface area contributed by atoms with Gasteiger partial charge >= 0.3 is 0 Å². The lowest BCUT2D eigenvalue weighted by molar-refractivity contribution is 0.724. The lowest BCUT2D eigenvalue weighted by atomic mass is 10.1. The molecule has 1 N–H and O–H groups in total. The summed E-state index contributed by atoms with van der Waals surface area (Å²) < 4.78 is 0. The van der Waals surface area contributed by atoms with Gasteiger partial charge in [0.1, 0.15) is 0 Å². The second-order valence-corrected chi connectivity index (χ2v) is 4.13. The molecule has 0 saturated carbocycles. The van der Waals surface area contributed by atoms with Gasteiger partial charge in [0.05, 0.1) is 5.69 Å². The number of aromatic nitrogens is 1. The van der Waals surface area contributed by atoms with Crippen LogP contribution in [0.5, 0.6) is 0 Å². The largest absolute Gasteiger partial charge is 0.370 e. The lowest BCUT2D eigenvalue weighted by Crippen LogP contribution is -2.28. The fraction of sp³-hybridized carbons (Fsp3) is 0.357. The molecule has 2 heterocycles. The number of hydrogen-bond donors (Lipinski definition) is 1. The molecule has 3 heteroatoms. The summed E-state index contributed by atoms with van der Waals surface area (Å²) in [5, 5.41) is 3.41. The number of hydrogen-bond acceptors (Lipinski definition) is 3. The van der Waals surface area contributed by atoms with Crippen LogP contribution in [-0.4, -0.2) is 31.2 Å². The molecule has 0 amide bonds. The molecule has 3 nitrogen and oxygen atoms in total. The lowest BCUT2D eigenvalue weighted by Gasteiger charge is -2.24. The van der Waals surface area contributed by atoms with Crippen LogP contribution in [0.4, 0.5) is 5.69 Å². The Morgan fingerprint density at radius 2 is 2.12 bits per heavy atom. The third kappa shape index (κ3) is 2.56. The molecule has 1 aliphatic heterocycles. The maximum Gasteiger partial charge on any atom is 0.0716 e. The predicted molar refractivity (Wildman–Crippen MR) is 74.1 cm³/mol. The van der Waals surface area contributed by atoms with Gasteiger partial charge in [-0.25, -0.2) is 0 Å². The molecule has 90 valence electrons. The molecule has 1 aromatic rings. The molecule has 1 saturated heterocycles. The first-order valence-electron chi connectivity index (χ1n) is 6.06. The van der Waals surface area contributed by atoms with Crippen LogP contribution in [0, 0.1) is 0 Å². The predicted octanol–water partition coefficient (Wildman–Crippen LogP) is 2.17. The topological polar surface area (TPSA) is 28.2 Å². The summed E-state index contributed by atoms with van der Waals surface area (Å²) in [6.07, 6.45) is 6.67. The summed E-state index contributed by atoms with van der Waals surface area (Å²) in [6.45, 7) is 11.9. The number of pyridine rings is 1. The minimum atomic E-state index is 0.912. The summed E-state index contributed by atoms with van der Waals surface area (Å²) in [7, 11) is 0. The van der Waals surface area contributed by atoms with Crippen molar-refractivity contribution in [1.82, 2.24) is 10.3 Å². The molecule has 0 unspecified atom stereocenters. The van der Waals surface area contributed by atoms with Crippen LogP contribution in [0.3, 0.4) is 0 Å². The van der Waals surface area contributed by atoms with Crippen LogP contribution < -0.4 is 10.2 Å². The SMILES string of the molecule is C=Cc1nccc(N2CCCNCC2)c1C=C. The third-order valence-corrected chi connectivity index (χ3v) is 3.08. The molecule has 0 radical (unpaired) electrons. The first-order valence-corrected chi connectivity index (χ1v) is 6.06. The van der Waals surface area contributed by atoms with Crippen molar-refractivity contribution in [3.8, 4) is 0 Å². The highest BCUT2D eigenvalue weighted by molar-refractivity contribution is 5.73. The van der Waals surface area contributed by atoms with Gasteiger partial charge in [0.15, 0.2) is 0 Å². The number of nitrogens with one attached hydrogen (secondary N) is 1. The Bertz CT molecular complexity index is 404. The van der Waals surface area contributed by atoms with Crippen molar-refractivity contribution < 1.29 is 0 Å². The number of nitrogens with zero attached hydrogens (tertiary/aromatic N) is 2. The van der Waals surface area contributed by atoms with Gasteiger partial charge in [-0.15, -0.1) is 0 Å². The molecule has 0 aliphatic carbocycles. The molecular formula is C14H19N3. The maximum atomic E-state index is 4.32. The summed E-state index contributed by atoms with van der Waals surface area (Å²) in [5.41, 5.74) is 3.22. The van der Waals surface area contributed by atoms with Gasteiger partial charge in [-0.1, -0.05) is 19.2 Å². The monoisotopic (exact) mass is 229 g/mol. The fourth-order valence-corrected chi connectivity index (χ4v) is 2.21. The number of rotatable bonds is 3. The smallest absolute Gasteiger partial charge is 0.0716 e. The van der Waals surface area contributed by atoms with Crippen molar-refractivity contribution >= 4 is 17.8 Å². The van der Waals surface area contributed by atoms with Gasteiger partial charge in [0.2, 0.25) is 0 Å². The van der Waals surface area contributed by atoms with Crippen LogP contribution in [0.2, 0.25) is 0 Å². The van der Waals surface area contributed by atoms with Crippen LogP contribution in [0.15, 0.2) is 25.4 Å². The zero-order valence-corrected chi connectivity index (χ0v) is 10.2. The van der Waals surface area contributed by atoms with Crippen LogP contribution in [-0.2, 0) is 0 Å². The van der Waals surface area contributed by atoms with Crippen molar-refractivity contribution in [2.45, 2.75) is 6.42 Å². The molecule has 1 fully saturated rings. The average molecular weight is 229 g/mol. The second kappa shape index (κ2) is 5.64. The van der Waals surface area contributed by atoms with E-state index < -0.39 is 0 Å². The Morgan fingerprint density at radius 3 is 2.88 bits per heavy atom. The highest BCUT2D eigenvalue weighted by atomic mass is 15.2. The average Bonchev–Trinajstić information content (AvgIpc) is 2.66. The summed E-state index contributed by atoms with van der Waals surface area (Å²) in [5.74, 6) is 0. The Kier molecular flexibility index (Phi) is 3.94. The van der Waals surface area contributed by atoms with Gasteiger partial charge in [-0.05, 0) is 25.1 Å². The molecule has 0 bridgehead atoms. The van der Waals surface area contributed by atoms with E-state index in [4.69, 9.17) is 0 Å². The first kappa shape index (κ1) is 11.9. The Labute approximate surface area is 103 Å². The highest BCUT2D eigenvalue weighted by Crippen LogP contribution is 2.24. The molecule has 0 atom stereocenters. The zero-order valence-electron chi connectivity index (χ0n) is 10.2. The van der Waals surface area contributed by atoms with Crippen LogP contribution in [0.25, 0.3) is 12.2 Å². The zero-order chi connectivity index (χ0) is 12.1. The van der Waals surface area contributed by atoms with Crippen molar-refractivity contribution in [2.24, 2.45) is 0 Å². The van der Waals surface area contributed by atoms with Gasteiger partial charge in [0, 0.05) is 37.1 Å². The molecular weight excluding hydrogens is 210 g/mol. The summed E-state index contributed by atoms with van der Waals surface area (Å²) in [4.78, 5) is 6.71. The Balaban J connectivity index is 2.35. The van der Waals surface area contributed by atoms with E-state index in [1.165, 1.54) is 12.1 Å². The quantitative estimate of drug-likeness (QED) is 0.861. The Morgan fingerprint density at radius 1 is 1.24 bits per heavy atom. The van der Waals surface area contributed by atoms with E-state index >= 15 is 0 Å². The van der Waals surface area contributed by atoms with E-state index in [0.717, 1.165) is 37.4 Å². The van der Waals surface area contributed by atoms with Gasteiger partial charge < -0.3 is 10.2 Å². The van der Waals surface area contributed by atoms with E-state index in [1.54, 1.807) is 6.08 Å². The first-order chi connectivity index (χ1) is 8.36. The van der Waals surface area contributed by atoms with Crippen LogP contribution in [0.1, 0.15) is 17.7 Å². The van der Waals surface area contributed by atoms with Crippen molar-refractivity contribution in [2.75, 3.05) is 31.1 Å². The molecule has 17 heavy (non-hydrogen) atoms. The molecule has 0 aromatic carbocycles. The van der Waals surface area contributed by atoms with Crippen molar-refractivity contribution in [3.63, 3.8) is 0 Å². The van der Waals surface area contributed by atoms with E-state index in [9.17, 15) is 0 Å². The minimum absolute atomic E-state index is 0.912. The Hall–Kier alpha value is -1.61. The number of anilines is 1. The molecule has 2 rings (SSSR count). The second-order valence-electron chi connectivity index (χ2n) is 4.13. The van der Waals surface area contributed by atoms with Gasteiger partial charge in [-0.2, -0.15) is 0 Å². The maximum absolute atomic E-state index is 4.32. The van der Waals surface area contributed by atoms with Gasteiger partial charge in [-0.3, -0.25) is 4.98 Å². The van der Waals surface area contributed by atoms with Crippen molar-refractivity contribution in [3.05, 3.63) is 36.7 Å². The van der Waals surface area contributed by atoms with E-state index in [-0.39, 0.29) is 0 Å². The third-order valence-electron chi connectivity index (χ3n) is 3.08. The standard InChI is InChI=1S/C14H19N3/c1-3-12-13(4-2)16-8-6-14(12)17-10-5-7-15-9-11-17/h3-4,6,8,15H,1-2,5,7,9-11H2. The minimum Gasteiger partial charge on any atom is -0.370 e. The summed E-state index contributed by atoms with van der Waals surface area (Å²) in [6, 6.07) is 2.06. The van der Waals surface area contributed by atoms with Crippen LogP contribution >= 0.6 is 0 Å². The van der Waals surface area contributed by atoms with E-state index in [1.807, 2.05) is 12.3 Å². The normalized spacial score (nSPS) is 16.4. The van der Waals surface area contributed by atoms with E-state index in [0.29, 0.717) is 0 Å². The molecule has 1 aromatic heterocycles. The van der Waals surface area contributed by atoms with Gasteiger partial charge in [0.25, 0.3) is 0 Å². The summed E-state index contributed by atoms with van der Waals surface area (Å²) >= 11 is 0. The molecule has 0 spiro atoms.